The Balaban J connectivity index is 1.35. The van der Waals surface area contributed by atoms with Crippen molar-refractivity contribution in [3.05, 3.63) is 87.7 Å². The molecule has 0 saturated heterocycles. The molecule has 162 valence electrons. The lowest BCUT2D eigenvalue weighted by Crippen LogP contribution is -2.17. The highest BCUT2D eigenvalue weighted by Gasteiger charge is 2.14. The van der Waals surface area contributed by atoms with Gasteiger partial charge in [-0.25, -0.2) is 4.79 Å². The molecule has 2 aromatic heterocycles. The Morgan fingerprint density at radius 3 is 2.72 bits per heavy atom. The molecule has 4 rings (SSSR count). The number of nitro benzene ring substituents is 1. The summed E-state index contributed by atoms with van der Waals surface area (Å²) < 4.78 is 12.2. The number of pyridine rings is 1. The zero-order chi connectivity index (χ0) is 22.5. The van der Waals surface area contributed by atoms with Crippen LogP contribution in [0.3, 0.4) is 0 Å². The lowest BCUT2D eigenvalue weighted by molar-refractivity contribution is -0.384. The van der Waals surface area contributed by atoms with Crippen LogP contribution in [0.15, 0.2) is 76.2 Å². The number of fused-ring (bicyclic) bond motifs is 1. The number of aryl methyl sites for hydroxylation is 1. The molecule has 0 saturated carbocycles. The highest BCUT2D eigenvalue weighted by molar-refractivity contribution is 5.90. The van der Waals surface area contributed by atoms with Crippen molar-refractivity contribution >= 4 is 28.4 Å². The van der Waals surface area contributed by atoms with E-state index in [1.165, 1.54) is 22.8 Å². The van der Waals surface area contributed by atoms with E-state index in [0.29, 0.717) is 29.1 Å². The largest absolute Gasteiger partial charge is 0.457 e. The molecule has 0 unspecified atom stereocenters. The van der Waals surface area contributed by atoms with Crippen molar-refractivity contribution < 1.29 is 18.9 Å². The topological polar surface area (TPSA) is 130 Å². The molecule has 32 heavy (non-hydrogen) atoms. The minimum absolute atomic E-state index is 0.139. The van der Waals surface area contributed by atoms with Crippen LogP contribution in [0.2, 0.25) is 0 Å². The number of anilines is 1. The minimum atomic E-state index is -0.623. The van der Waals surface area contributed by atoms with E-state index in [9.17, 15) is 19.7 Å². The number of nitrogens with one attached hydrogen (secondary N) is 1. The summed E-state index contributed by atoms with van der Waals surface area (Å²) in [4.78, 5) is 38.7. The molecule has 0 atom stereocenters. The van der Waals surface area contributed by atoms with Crippen molar-refractivity contribution in [2.45, 2.75) is 19.4 Å². The number of amides is 1. The van der Waals surface area contributed by atoms with Gasteiger partial charge in [-0.1, -0.05) is 6.07 Å². The number of benzene rings is 2. The van der Waals surface area contributed by atoms with Crippen molar-refractivity contribution in [3.8, 4) is 11.5 Å². The van der Waals surface area contributed by atoms with Gasteiger partial charge in [-0.15, -0.1) is 0 Å². The molecule has 0 spiro atoms. The van der Waals surface area contributed by atoms with Crippen LogP contribution in [0.5, 0.6) is 11.5 Å². The Hall–Kier alpha value is -4.47. The van der Waals surface area contributed by atoms with Gasteiger partial charge >= 0.3 is 5.76 Å². The second kappa shape index (κ2) is 9.13. The second-order valence-electron chi connectivity index (χ2n) is 6.89. The monoisotopic (exact) mass is 434 g/mol. The molecule has 0 aliphatic heterocycles. The SMILES string of the molecule is O=C(CCCn1c(=O)oc2cc([N+](=O)[O-])ccc21)Nc1cccc(Oc2ccncc2)c1. The predicted molar refractivity (Wildman–Crippen MR) is 116 cm³/mol. The summed E-state index contributed by atoms with van der Waals surface area (Å²) in [5.74, 6) is 0.357. The quantitative estimate of drug-likeness (QED) is 0.326. The van der Waals surface area contributed by atoms with Crippen molar-refractivity contribution in [1.82, 2.24) is 9.55 Å². The Labute approximate surface area is 181 Å². The van der Waals surface area contributed by atoms with E-state index >= 15 is 0 Å². The molecule has 4 aromatic rings. The Morgan fingerprint density at radius 1 is 1.12 bits per heavy atom. The molecule has 0 bridgehead atoms. The van der Waals surface area contributed by atoms with Crippen LogP contribution in [0, 0.1) is 10.1 Å². The van der Waals surface area contributed by atoms with Crippen molar-refractivity contribution in [3.63, 3.8) is 0 Å². The fraction of sp³-hybridized carbons (Fsp3) is 0.136. The molecule has 0 fully saturated rings. The molecule has 0 aliphatic carbocycles. The van der Waals surface area contributed by atoms with Gasteiger partial charge in [0.25, 0.3) is 5.69 Å². The van der Waals surface area contributed by atoms with Gasteiger partial charge in [0.1, 0.15) is 11.5 Å². The second-order valence-corrected chi connectivity index (χ2v) is 6.89. The summed E-state index contributed by atoms with van der Waals surface area (Å²) in [7, 11) is 0. The summed E-state index contributed by atoms with van der Waals surface area (Å²) in [6.07, 6.45) is 3.79. The molecule has 2 heterocycles. The molecule has 0 radical (unpaired) electrons. The fourth-order valence-electron chi connectivity index (χ4n) is 3.18. The van der Waals surface area contributed by atoms with Gasteiger partial charge in [0, 0.05) is 43.2 Å². The Kier molecular flexibility index (Phi) is 5.93. The number of oxazole rings is 1. The molecular weight excluding hydrogens is 416 g/mol. The highest BCUT2D eigenvalue weighted by Crippen LogP contribution is 2.24. The van der Waals surface area contributed by atoms with E-state index in [0.717, 1.165) is 0 Å². The Bertz CT molecular complexity index is 1330. The molecule has 2 aromatic carbocycles. The standard InChI is InChI=1S/C22H18N4O6/c27-21(24-15-3-1-4-18(13-15)31-17-8-10-23-11-9-17)5-2-12-25-19-7-6-16(26(29)30)14-20(19)32-22(25)28/h1,3-4,6-11,13-14H,2,5,12H2,(H,24,27). The maximum Gasteiger partial charge on any atom is 0.419 e. The van der Waals surface area contributed by atoms with Crippen LogP contribution in [-0.4, -0.2) is 20.4 Å². The first-order valence-electron chi connectivity index (χ1n) is 9.75. The summed E-state index contributed by atoms with van der Waals surface area (Å²) in [6, 6.07) is 14.4. The van der Waals surface area contributed by atoms with Gasteiger partial charge in [-0.3, -0.25) is 24.5 Å². The van der Waals surface area contributed by atoms with Gasteiger partial charge in [-0.05, 0) is 36.8 Å². The average Bonchev–Trinajstić information content (AvgIpc) is 3.09. The number of rotatable bonds is 8. The van der Waals surface area contributed by atoms with Crippen molar-refractivity contribution in [1.29, 1.82) is 0 Å². The van der Waals surface area contributed by atoms with Crippen molar-refractivity contribution in [2.75, 3.05) is 5.32 Å². The van der Waals surface area contributed by atoms with Gasteiger partial charge in [0.15, 0.2) is 5.58 Å². The van der Waals surface area contributed by atoms with Crippen LogP contribution in [0.25, 0.3) is 11.1 Å². The third-order valence-electron chi connectivity index (χ3n) is 4.65. The first-order chi connectivity index (χ1) is 15.5. The van der Waals surface area contributed by atoms with E-state index in [1.807, 2.05) is 0 Å². The van der Waals surface area contributed by atoms with E-state index in [2.05, 4.69) is 10.3 Å². The Morgan fingerprint density at radius 2 is 1.94 bits per heavy atom. The lowest BCUT2D eigenvalue weighted by atomic mass is 10.2. The van der Waals surface area contributed by atoms with E-state index in [1.54, 1.807) is 48.8 Å². The molecule has 10 nitrogen and oxygen atoms in total. The van der Waals surface area contributed by atoms with Crippen LogP contribution in [-0.2, 0) is 11.3 Å². The normalized spacial score (nSPS) is 10.8. The third kappa shape index (κ3) is 4.81. The first-order valence-corrected chi connectivity index (χ1v) is 9.75. The number of aromatic nitrogens is 2. The number of hydrogen-bond acceptors (Lipinski definition) is 7. The van der Waals surface area contributed by atoms with Crippen LogP contribution >= 0.6 is 0 Å². The molecule has 10 heteroatoms. The van der Waals surface area contributed by atoms with Crippen LogP contribution in [0.1, 0.15) is 12.8 Å². The summed E-state index contributed by atoms with van der Waals surface area (Å²) in [6.45, 7) is 0.238. The third-order valence-corrected chi connectivity index (χ3v) is 4.65. The molecule has 1 N–H and O–H groups in total. The van der Waals surface area contributed by atoms with Gasteiger partial charge in [-0.2, -0.15) is 0 Å². The average molecular weight is 434 g/mol. The number of nitro groups is 1. The van der Waals surface area contributed by atoms with Crippen molar-refractivity contribution in [2.24, 2.45) is 0 Å². The number of ether oxygens (including phenoxy) is 1. The number of carbonyl (C=O) groups excluding carboxylic acids is 1. The summed E-state index contributed by atoms with van der Waals surface area (Å²) >= 11 is 0. The van der Waals surface area contributed by atoms with Crippen LogP contribution in [0.4, 0.5) is 11.4 Å². The maximum absolute atomic E-state index is 12.3. The minimum Gasteiger partial charge on any atom is -0.457 e. The van der Waals surface area contributed by atoms with E-state index in [-0.39, 0.29) is 30.1 Å². The number of non-ortho nitro benzene ring substituents is 1. The zero-order valence-electron chi connectivity index (χ0n) is 16.8. The summed E-state index contributed by atoms with van der Waals surface area (Å²) in [5.41, 5.74) is 1.01. The first kappa shape index (κ1) is 20.8. The molecular formula is C22H18N4O6. The molecule has 0 aliphatic rings. The molecule has 1 amide bonds. The highest BCUT2D eigenvalue weighted by atomic mass is 16.6. The number of nitrogens with zero attached hydrogens (tertiary/aromatic N) is 3. The summed E-state index contributed by atoms with van der Waals surface area (Å²) in [5, 5.41) is 13.7. The fourth-order valence-corrected chi connectivity index (χ4v) is 3.18. The number of carbonyl (C=O) groups is 1. The predicted octanol–water partition coefficient (Wildman–Crippen LogP) is 4.11. The van der Waals surface area contributed by atoms with E-state index < -0.39 is 10.7 Å². The maximum atomic E-state index is 12.3. The van der Waals surface area contributed by atoms with Gasteiger partial charge < -0.3 is 14.5 Å². The van der Waals surface area contributed by atoms with Gasteiger partial charge in [0.05, 0.1) is 16.5 Å². The smallest absolute Gasteiger partial charge is 0.419 e. The van der Waals surface area contributed by atoms with Crippen LogP contribution < -0.4 is 15.8 Å². The zero-order valence-corrected chi connectivity index (χ0v) is 16.8. The van der Waals surface area contributed by atoms with E-state index in [4.69, 9.17) is 9.15 Å². The van der Waals surface area contributed by atoms with Gasteiger partial charge in [0.2, 0.25) is 5.91 Å². The number of hydrogen-bond donors (Lipinski definition) is 1. The lowest BCUT2D eigenvalue weighted by Gasteiger charge is -2.09.